The Kier molecular flexibility index (Phi) is 7.26. The number of carbonyl (C=O) groups excluding carboxylic acids is 1. The average molecular weight is 478 g/mol. The Morgan fingerprint density at radius 3 is 2.15 bits per heavy atom. The van der Waals surface area contributed by atoms with E-state index in [9.17, 15) is 13.2 Å². The average Bonchev–Trinajstić information content (AvgIpc) is 3.07. The van der Waals surface area contributed by atoms with E-state index >= 15 is 0 Å². The third-order valence-electron chi connectivity index (χ3n) is 6.09. The number of piperazine rings is 1. The molecule has 9 heteroatoms. The smallest absolute Gasteiger partial charge is 0.246 e. The first-order valence-electron chi connectivity index (χ1n) is 11.1. The molecule has 33 heavy (non-hydrogen) atoms. The molecule has 2 heterocycles. The third kappa shape index (κ3) is 5.10. The zero-order valence-electron chi connectivity index (χ0n) is 20.6. The van der Waals surface area contributed by atoms with Crippen molar-refractivity contribution in [1.82, 2.24) is 13.8 Å². The van der Waals surface area contributed by atoms with E-state index in [4.69, 9.17) is 9.47 Å². The van der Waals surface area contributed by atoms with Gasteiger partial charge in [0.1, 0.15) is 16.4 Å². The molecule has 8 nitrogen and oxygen atoms in total. The van der Waals surface area contributed by atoms with E-state index < -0.39 is 10.0 Å². The predicted octanol–water partition coefficient (Wildman–Crippen LogP) is 3.07. The molecule has 2 aromatic rings. The number of Topliss-reactive ketones (excluding diaryl/α,β-unsaturated/α-hetero) is 1. The van der Waals surface area contributed by atoms with E-state index in [1.165, 1.54) is 24.6 Å². The van der Waals surface area contributed by atoms with E-state index in [2.05, 4.69) is 25.3 Å². The van der Waals surface area contributed by atoms with E-state index in [1.54, 1.807) is 12.1 Å². The number of hydrogen-bond donors (Lipinski definition) is 0. The van der Waals surface area contributed by atoms with Gasteiger partial charge in [0, 0.05) is 54.7 Å². The summed E-state index contributed by atoms with van der Waals surface area (Å²) in [5.74, 6) is 0.790. The zero-order chi connectivity index (χ0) is 24.6. The third-order valence-corrected chi connectivity index (χ3v) is 8.01. The van der Waals surface area contributed by atoms with Gasteiger partial charge in [-0.25, -0.2) is 8.42 Å². The molecule has 0 amide bonds. The number of benzene rings is 1. The fourth-order valence-corrected chi connectivity index (χ4v) is 6.21. The van der Waals surface area contributed by atoms with Gasteiger partial charge in [-0.2, -0.15) is 4.31 Å². The number of nitrogens with zero attached hydrogens (tertiary/aromatic N) is 3. The highest BCUT2D eigenvalue weighted by Crippen LogP contribution is 2.31. The van der Waals surface area contributed by atoms with Gasteiger partial charge in [-0.3, -0.25) is 9.69 Å². The molecule has 1 aliphatic heterocycles. The van der Waals surface area contributed by atoms with Gasteiger partial charge in [-0.15, -0.1) is 0 Å². The van der Waals surface area contributed by atoms with E-state index in [0.717, 1.165) is 17.0 Å². The first kappa shape index (κ1) is 25.3. The Labute approximate surface area is 197 Å². The van der Waals surface area contributed by atoms with Crippen molar-refractivity contribution in [2.45, 2.75) is 45.1 Å². The Balaban J connectivity index is 1.70. The van der Waals surface area contributed by atoms with Gasteiger partial charge in [0.15, 0.2) is 5.78 Å². The number of aryl methyl sites for hydroxylation is 1. The molecule has 0 unspecified atom stereocenters. The molecule has 182 valence electrons. The normalized spacial score (nSPS) is 16.1. The van der Waals surface area contributed by atoms with E-state index in [-0.39, 0.29) is 28.5 Å². The molecule has 0 atom stereocenters. The Morgan fingerprint density at radius 1 is 1.00 bits per heavy atom. The Morgan fingerprint density at radius 2 is 1.64 bits per heavy atom. The fraction of sp³-hybridized carbons (Fsp3) is 0.542. The molecule has 0 spiro atoms. The summed E-state index contributed by atoms with van der Waals surface area (Å²) in [4.78, 5) is 15.2. The van der Waals surface area contributed by atoms with Crippen molar-refractivity contribution in [3.63, 3.8) is 0 Å². The largest absolute Gasteiger partial charge is 0.497 e. The first-order chi connectivity index (χ1) is 15.4. The van der Waals surface area contributed by atoms with Crippen LogP contribution in [0.2, 0.25) is 0 Å². The summed E-state index contributed by atoms with van der Waals surface area (Å²) in [6.45, 7) is 12.2. The van der Waals surface area contributed by atoms with Gasteiger partial charge in [-0.05, 0) is 52.8 Å². The molecule has 1 aliphatic rings. The number of ketones is 1. The summed E-state index contributed by atoms with van der Waals surface area (Å²) in [6, 6.07) is 6.69. The summed E-state index contributed by atoms with van der Waals surface area (Å²) >= 11 is 0. The monoisotopic (exact) mass is 477 g/mol. The van der Waals surface area contributed by atoms with Crippen LogP contribution in [0, 0.1) is 13.8 Å². The molecular formula is C24H35N3O5S. The molecule has 0 aliphatic carbocycles. The highest BCUT2D eigenvalue weighted by Gasteiger charge is 2.32. The van der Waals surface area contributed by atoms with Gasteiger partial charge in [0.2, 0.25) is 10.0 Å². The van der Waals surface area contributed by atoms with Crippen LogP contribution in [0.4, 0.5) is 0 Å². The van der Waals surface area contributed by atoms with Crippen LogP contribution in [0.1, 0.15) is 42.5 Å². The highest BCUT2D eigenvalue weighted by molar-refractivity contribution is 7.89. The topological polar surface area (TPSA) is 81.1 Å². The van der Waals surface area contributed by atoms with Crippen LogP contribution in [-0.4, -0.2) is 74.9 Å². The second-order valence-corrected chi connectivity index (χ2v) is 11.3. The fourth-order valence-electron chi connectivity index (χ4n) is 4.62. The van der Waals surface area contributed by atoms with Gasteiger partial charge in [0.25, 0.3) is 0 Å². The predicted molar refractivity (Wildman–Crippen MR) is 128 cm³/mol. The van der Waals surface area contributed by atoms with Crippen molar-refractivity contribution >= 4 is 15.8 Å². The molecule has 0 saturated carbocycles. The SMILES string of the molecule is COc1ccc(OC)c(S(=O)(=O)N2CCN(CC(=O)c3cc(C)n(C(C)(C)C)c3C)CC2)c1. The second kappa shape index (κ2) is 9.48. The minimum atomic E-state index is -3.75. The number of aromatic nitrogens is 1. The molecule has 0 bridgehead atoms. The second-order valence-electron chi connectivity index (χ2n) is 9.41. The summed E-state index contributed by atoms with van der Waals surface area (Å²) in [5, 5.41) is 0. The van der Waals surface area contributed by atoms with Gasteiger partial charge < -0.3 is 14.0 Å². The number of ether oxygens (including phenoxy) is 2. The van der Waals surface area contributed by atoms with Gasteiger partial charge in [-0.1, -0.05) is 0 Å². The maximum absolute atomic E-state index is 13.3. The molecule has 3 rings (SSSR count). The molecule has 1 saturated heterocycles. The van der Waals surface area contributed by atoms with Crippen LogP contribution in [0.3, 0.4) is 0 Å². The molecule has 0 radical (unpaired) electrons. The number of rotatable bonds is 7. The van der Waals surface area contributed by atoms with Crippen LogP contribution >= 0.6 is 0 Å². The Hall–Kier alpha value is -2.36. The van der Waals surface area contributed by atoms with Crippen LogP contribution < -0.4 is 9.47 Å². The minimum absolute atomic E-state index is 0.0596. The molecule has 1 fully saturated rings. The maximum atomic E-state index is 13.3. The lowest BCUT2D eigenvalue weighted by Crippen LogP contribution is -2.49. The van der Waals surface area contributed by atoms with Crippen LogP contribution in [-0.2, 0) is 15.6 Å². The van der Waals surface area contributed by atoms with Crippen molar-refractivity contribution in [3.8, 4) is 11.5 Å². The number of sulfonamides is 1. The molecule has 1 aromatic heterocycles. The van der Waals surface area contributed by atoms with E-state index in [0.29, 0.717) is 31.9 Å². The maximum Gasteiger partial charge on any atom is 0.246 e. The standard InChI is InChI=1S/C24H35N3O5S/c1-17-14-20(18(2)27(17)24(3,4)5)21(28)16-25-10-12-26(13-11-25)33(29,30)23-15-19(31-6)8-9-22(23)32-7/h8-9,14-15H,10-13,16H2,1-7H3. The molecule has 1 aromatic carbocycles. The number of methoxy groups -OCH3 is 2. The van der Waals surface area contributed by atoms with Crippen molar-refractivity contribution in [3.05, 3.63) is 41.2 Å². The number of hydrogen-bond acceptors (Lipinski definition) is 6. The van der Waals surface area contributed by atoms with Crippen LogP contribution in [0.15, 0.2) is 29.2 Å². The van der Waals surface area contributed by atoms with E-state index in [1.807, 2.05) is 24.8 Å². The van der Waals surface area contributed by atoms with Crippen LogP contribution in [0.5, 0.6) is 11.5 Å². The summed E-state index contributed by atoms with van der Waals surface area (Å²) in [7, 11) is -0.815. The molecule has 0 N–H and O–H groups in total. The quantitative estimate of drug-likeness (QED) is 0.570. The highest BCUT2D eigenvalue weighted by atomic mass is 32.2. The van der Waals surface area contributed by atoms with Crippen molar-refractivity contribution in [2.75, 3.05) is 46.9 Å². The Bertz CT molecular complexity index is 1120. The van der Waals surface area contributed by atoms with Crippen LogP contribution in [0.25, 0.3) is 0 Å². The van der Waals surface area contributed by atoms with Gasteiger partial charge in [0.05, 0.1) is 20.8 Å². The summed E-state index contributed by atoms with van der Waals surface area (Å²) in [5.41, 5.74) is 2.66. The lowest BCUT2D eigenvalue weighted by atomic mass is 10.1. The van der Waals surface area contributed by atoms with Crippen molar-refractivity contribution < 1.29 is 22.7 Å². The van der Waals surface area contributed by atoms with Crippen molar-refractivity contribution in [1.29, 1.82) is 0 Å². The zero-order valence-corrected chi connectivity index (χ0v) is 21.5. The first-order valence-corrected chi connectivity index (χ1v) is 12.5. The summed E-state index contributed by atoms with van der Waals surface area (Å²) < 4.78 is 40.6. The lowest BCUT2D eigenvalue weighted by molar-refractivity contribution is 0.0901. The molecular weight excluding hydrogens is 442 g/mol. The summed E-state index contributed by atoms with van der Waals surface area (Å²) in [6.07, 6.45) is 0. The minimum Gasteiger partial charge on any atom is -0.497 e. The lowest BCUT2D eigenvalue weighted by Gasteiger charge is -2.33. The van der Waals surface area contributed by atoms with Crippen molar-refractivity contribution in [2.24, 2.45) is 0 Å². The van der Waals surface area contributed by atoms with Gasteiger partial charge >= 0.3 is 0 Å². The number of carbonyl (C=O) groups is 1.